The van der Waals surface area contributed by atoms with Crippen LogP contribution < -0.4 is 10.3 Å². The summed E-state index contributed by atoms with van der Waals surface area (Å²) in [6.45, 7) is 6.98. The van der Waals surface area contributed by atoms with Gasteiger partial charge in [-0.15, -0.1) is 11.8 Å². The predicted molar refractivity (Wildman–Crippen MR) is 112 cm³/mol. The van der Waals surface area contributed by atoms with E-state index in [0.29, 0.717) is 10.5 Å². The number of hydrogen-bond donors (Lipinski definition) is 0. The topological polar surface area (TPSA) is 53.4 Å². The normalized spacial score (nSPS) is 15.1. The molecule has 2 aromatic rings. The highest BCUT2D eigenvalue weighted by Gasteiger charge is 2.64. The van der Waals surface area contributed by atoms with Crippen LogP contribution in [-0.4, -0.2) is 34.5 Å². The second-order valence-electron chi connectivity index (χ2n) is 8.15. The summed E-state index contributed by atoms with van der Waals surface area (Å²) in [4.78, 5) is 12.8. The van der Waals surface area contributed by atoms with Crippen molar-refractivity contribution in [2.75, 3.05) is 0 Å². The molecule has 1 heterocycles. The SMILES string of the molecule is CC(Sc1cnn(C(C)(C)C)c(=O)c1Cl)c1ccc(OC(F)(F)C(F)OC(F)(F)C(F)(F)F)cc1. The Morgan fingerprint density at radius 2 is 1.57 bits per heavy atom. The average Bonchev–Trinajstić information content (AvgIpc) is 2.69. The number of thioether (sulfide) groups is 1. The van der Waals surface area contributed by atoms with Gasteiger partial charge >= 0.3 is 24.8 Å². The van der Waals surface area contributed by atoms with E-state index in [0.717, 1.165) is 23.9 Å². The van der Waals surface area contributed by atoms with Crippen LogP contribution in [0.15, 0.2) is 40.2 Å². The highest BCUT2D eigenvalue weighted by Crippen LogP contribution is 2.41. The summed E-state index contributed by atoms with van der Waals surface area (Å²) in [5.41, 5.74) is -0.625. The van der Waals surface area contributed by atoms with Gasteiger partial charge in [0, 0.05) is 5.25 Å². The molecule has 0 bridgehead atoms. The molecule has 5 nitrogen and oxygen atoms in total. The first-order chi connectivity index (χ1) is 15.8. The van der Waals surface area contributed by atoms with E-state index in [1.807, 2.05) is 0 Å². The van der Waals surface area contributed by atoms with Crippen molar-refractivity contribution < 1.29 is 44.6 Å². The van der Waals surface area contributed by atoms with E-state index < -0.39 is 46.8 Å². The number of rotatable bonds is 8. The summed E-state index contributed by atoms with van der Waals surface area (Å²) in [5, 5.41) is 3.61. The number of ether oxygens (including phenoxy) is 2. The average molecular weight is 555 g/mol. The summed E-state index contributed by atoms with van der Waals surface area (Å²) in [6, 6.07) is 4.37. The van der Waals surface area contributed by atoms with Crippen molar-refractivity contribution >= 4 is 23.4 Å². The maximum Gasteiger partial charge on any atom is 0.483 e. The van der Waals surface area contributed by atoms with Gasteiger partial charge in [0.25, 0.3) is 5.56 Å². The summed E-state index contributed by atoms with van der Waals surface area (Å²) >= 11 is 7.29. The number of hydrogen-bond acceptors (Lipinski definition) is 5. The number of halogens is 9. The number of benzene rings is 1. The number of alkyl halides is 8. The molecule has 0 fully saturated rings. The number of nitrogens with zero attached hydrogens (tertiary/aromatic N) is 2. The second-order valence-corrected chi connectivity index (χ2v) is 9.91. The van der Waals surface area contributed by atoms with Gasteiger partial charge in [-0.25, -0.2) is 9.07 Å². The van der Waals surface area contributed by atoms with Gasteiger partial charge < -0.3 is 4.74 Å². The lowest BCUT2D eigenvalue weighted by Crippen LogP contribution is -2.48. The first-order valence-electron chi connectivity index (χ1n) is 9.64. The zero-order valence-electron chi connectivity index (χ0n) is 18.5. The summed E-state index contributed by atoms with van der Waals surface area (Å²) in [7, 11) is 0. The Morgan fingerprint density at radius 3 is 2.06 bits per heavy atom. The molecule has 0 aliphatic rings. The summed E-state index contributed by atoms with van der Waals surface area (Å²) in [6.07, 6.45) is -20.7. The van der Waals surface area contributed by atoms with Gasteiger partial charge in [0.15, 0.2) is 0 Å². The molecule has 2 rings (SSSR count). The molecule has 1 aromatic heterocycles. The van der Waals surface area contributed by atoms with E-state index in [9.17, 15) is 39.9 Å². The Hall–Kier alpha value is -2.06. The third-order valence-electron chi connectivity index (χ3n) is 4.28. The summed E-state index contributed by atoms with van der Waals surface area (Å²) < 4.78 is 110. The van der Waals surface area contributed by atoms with Crippen molar-refractivity contribution in [3.63, 3.8) is 0 Å². The molecule has 0 N–H and O–H groups in total. The highest BCUT2D eigenvalue weighted by atomic mass is 35.5. The van der Waals surface area contributed by atoms with Gasteiger partial charge in [0.05, 0.1) is 16.6 Å². The second kappa shape index (κ2) is 10.1. The molecule has 0 spiro atoms. The lowest BCUT2D eigenvalue weighted by Gasteiger charge is -2.26. The standard InChI is InChI=1S/C20H19ClF8N2O3S/c1-10(35-13-9-30-31(17(2,3)4)15(32)14(13)21)11-5-7-12(8-6-11)33-18(23,24)16(22)34-20(28,29)19(25,26)27/h5-10,16H,1-4H3. The Bertz CT molecular complexity index is 1090. The molecule has 1 aromatic carbocycles. The van der Waals surface area contributed by atoms with Gasteiger partial charge in [0.2, 0.25) is 0 Å². The van der Waals surface area contributed by atoms with Crippen LogP contribution in [-0.2, 0) is 10.3 Å². The van der Waals surface area contributed by atoms with Gasteiger partial charge in [-0.3, -0.25) is 9.53 Å². The van der Waals surface area contributed by atoms with Crippen molar-refractivity contribution in [3.05, 3.63) is 51.4 Å². The van der Waals surface area contributed by atoms with Crippen LogP contribution in [0.5, 0.6) is 5.75 Å². The molecule has 0 aliphatic heterocycles. The maximum absolute atomic E-state index is 13.7. The van der Waals surface area contributed by atoms with E-state index >= 15 is 0 Å². The zero-order valence-corrected chi connectivity index (χ0v) is 20.0. The molecule has 15 heteroatoms. The quantitative estimate of drug-likeness (QED) is 0.261. The van der Waals surface area contributed by atoms with Crippen molar-refractivity contribution in [1.82, 2.24) is 9.78 Å². The molecule has 2 atom stereocenters. The van der Waals surface area contributed by atoms with Crippen LogP contribution in [0.25, 0.3) is 0 Å². The van der Waals surface area contributed by atoms with E-state index in [2.05, 4.69) is 14.6 Å². The Morgan fingerprint density at radius 1 is 1.03 bits per heavy atom. The van der Waals surface area contributed by atoms with Crippen LogP contribution in [0.1, 0.15) is 38.5 Å². The third-order valence-corrected chi connectivity index (χ3v) is 5.94. The van der Waals surface area contributed by atoms with Crippen LogP contribution in [0.3, 0.4) is 0 Å². The highest BCUT2D eigenvalue weighted by molar-refractivity contribution is 7.99. The molecule has 35 heavy (non-hydrogen) atoms. The minimum Gasteiger partial charge on any atom is -0.429 e. The number of aromatic nitrogens is 2. The minimum absolute atomic E-state index is 0.0731. The van der Waals surface area contributed by atoms with Gasteiger partial charge in [0.1, 0.15) is 10.8 Å². The maximum atomic E-state index is 13.7. The molecule has 0 radical (unpaired) electrons. The third kappa shape index (κ3) is 7.00. The lowest BCUT2D eigenvalue weighted by molar-refractivity contribution is -0.442. The first kappa shape index (κ1) is 29.2. The monoisotopic (exact) mass is 554 g/mol. The zero-order chi connectivity index (χ0) is 27.0. The fourth-order valence-electron chi connectivity index (χ4n) is 2.51. The van der Waals surface area contributed by atoms with Crippen LogP contribution >= 0.6 is 23.4 Å². The molecular weight excluding hydrogens is 536 g/mol. The fourth-order valence-corrected chi connectivity index (χ4v) is 3.75. The minimum atomic E-state index is -6.40. The largest absolute Gasteiger partial charge is 0.483 e. The van der Waals surface area contributed by atoms with Crippen molar-refractivity contribution in [2.45, 2.75) is 68.1 Å². The van der Waals surface area contributed by atoms with Crippen molar-refractivity contribution in [3.8, 4) is 5.75 Å². The molecular formula is C20H19ClF8N2O3S. The van der Waals surface area contributed by atoms with E-state index in [1.54, 1.807) is 27.7 Å². The molecule has 0 saturated carbocycles. The molecule has 0 saturated heterocycles. The van der Waals surface area contributed by atoms with Crippen LogP contribution in [0.2, 0.25) is 5.02 Å². The van der Waals surface area contributed by atoms with E-state index in [4.69, 9.17) is 11.6 Å². The predicted octanol–water partition coefficient (Wildman–Crippen LogP) is 6.94. The molecule has 196 valence electrons. The van der Waals surface area contributed by atoms with E-state index in [-0.39, 0.29) is 5.02 Å². The Balaban J connectivity index is 2.12. The summed E-state index contributed by atoms with van der Waals surface area (Å²) in [5.74, 6) is -0.731. The molecule has 0 amide bonds. The van der Waals surface area contributed by atoms with Gasteiger partial charge in [-0.1, -0.05) is 23.7 Å². The Kier molecular flexibility index (Phi) is 8.44. The first-order valence-corrected chi connectivity index (χ1v) is 10.9. The van der Waals surface area contributed by atoms with Crippen LogP contribution in [0, 0.1) is 0 Å². The van der Waals surface area contributed by atoms with Gasteiger partial charge in [-0.05, 0) is 45.4 Å². The van der Waals surface area contributed by atoms with Gasteiger partial charge in [-0.2, -0.15) is 35.8 Å². The van der Waals surface area contributed by atoms with Crippen molar-refractivity contribution in [2.24, 2.45) is 0 Å². The van der Waals surface area contributed by atoms with Crippen molar-refractivity contribution in [1.29, 1.82) is 0 Å². The Labute approximate surface area is 203 Å². The smallest absolute Gasteiger partial charge is 0.429 e. The molecule has 2 unspecified atom stereocenters. The molecule has 0 aliphatic carbocycles. The van der Waals surface area contributed by atoms with E-state index in [1.165, 1.54) is 23.0 Å². The van der Waals surface area contributed by atoms with Crippen LogP contribution in [0.4, 0.5) is 35.1 Å². The lowest BCUT2D eigenvalue weighted by atomic mass is 10.1. The fraction of sp³-hybridized carbons (Fsp3) is 0.500.